The van der Waals surface area contributed by atoms with Gasteiger partial charge in [-0.25, -0.2) is 12.7 Å². The lowest BCUT2D eigenvalue weighted by atomic mass is 10.00. The number of hydrogen-bond acceptors (Lipinski definition) is 5. The zero-order chi connectivity index (χ0) is 12.9. The summed E-state index contributed by atoms with van der Waals surface area (Å²) in [5.41, 5.74) is 0. The van der Waals surface area contributed by atoms with Crippen LogP contribution in [0.3, 0.4) is 0 Å². The second-order valence-corrected chi connectivity index (χ2v) is 6.23. The number of rotatable bonds is 5. The number of piperidine rings is 1. The van der Waals surface area contributed by atoms with Crippen molar-refractivity contribution in [3.63, 3.8) is 0 Å². The molecule has 0 spiro atoms. The predicted molar refractivity (Wildman–Crippen MR) is 64.0 cm³/mol. The van der Waals surface area contributed by atoms with Crippen LogP contribution >= 0.6 is 0 Å². The zero-order valence-corrected chi connectivity index (χ0v) is 11.1. The molecule has 1 rings (SSSR count). The first kappa shape index (κ1) is 14.4. The molecule has 7 heteroatoms. The van der Waals surface area contributed by atoms with Crippen LogP contribution in [0.2, 0.25) is 0 Å². The molecule has 0 amide bonds. The first-order valence-corrected chi connectivity index (χ1v) is 7.29. The van der Waals surface area contributed by atoms with E-state index in [0.717, 1.165) is 19.4 Å². The van der Waals surface area contributed by atoms with Gasteiger partial charge in [-0.3, -0.25) is 4.79 Å². The fourth-order valence-electron chi connectivity index (χ4n) is 2.03. The Morgan fingerprint density at radius 2 is 2.24 bits per heavy atom. The Balaban J connectivity index is 2.61. The maximum Gasteiger partial charge on any atom is 0.322 e. The number of carbonyl (C=O) groups is 1. The lowest BCUT2D eigenvalue weighted by molar-refractivity contribution is -0.137. The quantitative estimate of drug-likeness (QED) is 0.672. The lowest BCUT2D eigenvalue weighted by Crippen LogP contribution is -2.44. The van der Waals surface area contributed by atoms with Gasteiger partial charge < -0.3 is 10.1 Å². The van der Waals surface area contributed by atoms with Crippen LogP contribution in [0.15, 0.2) is 0 Å². The SMILES string of the molecule is CNCC1CCCN(S(=O)(=O)CC(=O)OC)C1. The third kappa shape index (κ3) is 4.25. The number of ether oxygens (including phenoxy) is 1. The highest BCUT2D eigenvalue weighted by atomic mass is 32.2. The Morgan fingerprint density at radius 3 is 2.82 bits per heavy atom. The number of hydrogen-bond donors (Lipinski definition) is 1. The van der Waals surface area contributed by atoms with Gasteiger partial charge in [-0.2, -0.15) is 0 Å². The predicted octanol–water partition coefficient (Wildman–Crippen LogP) is -0.579. The third-order valence-electron chi connectivity index (χ3n) is 2.90. The van der Waals surface area contributed by atoms with Gasteiger partial charge in [-0.1, -0.05) is 0 Å². The van der Waals surface area contributed by atoms with E-state index in [-0.39, 0.29) is 0 Å². The maximum atomic E-state index is 11.9. The van der Waals surface area contributed by atoms with Gasteiger partial charge in [0.15, 0.2) is 5.75 Å². The Bertz CT molecular complexity index is 353. The number of carbonyl (C=O) groups excluding carboxylic acids is 1. The summed E-state index contributed by atoms with van der Waals surface area (Å²) < 4.78 is 29.6. The van der Waals surface area contributed by atoms with Crippen LogP contribution in [0, 0.1) is 5.92 Å². The molecule has 0 radical (unpaired) electrons. The molecule has 1 saturated heterocycles. The third-order valence-corrected chi connectivity index (χ3v) is 4.61. The fourth-order valence-corrected chi connectivity index (χ4v) is 3.48. The van der Waals surface area contributed by atoms with E-state index < -0.39 is 21.7 Å². The normalized spacial score (nSPS) is 22.4. The minimum Gasteiger partial charge on any atom is -0.468 e. The first-order chi connectivity index (χ1) is 7.99. The monoisotopic (exact) mass is 264 g/mol. The molecular formula is C10H20N2O4S. The summed E-state index contributed by atoms with van der Waals surface area (Å²) in [7, 11) is -0.473. The average Bonchev–Trinajstić information content (AvgIpc) is 2.29. The molecule has 1 unspecified atom stereocenters. The highest BCUT2D eigenvalue weighted by Crippen LogP contribution is 2.18. The average molecular weight is 264 g/mol. The Labute approximate surface area is 102 Å². The molecule has 0 aromatic carbocycles. The molecule has 0 aliphatic carbocycles. The van der Waals surface area contributed by atoms with E-state index >= 15 is 0 Å². The van der Waals surface area contributed by atoms with Gasteiger partial charge in [0.25, 0.3) is 0 Å². The molecule has 1 N–H and O–H groups in total. The highest BCUT2D eigenvalue weighted by molar-refractivity contribution is 7.89. The largest absolute Gasteiger partial charge is 0.468 e. The summed E-state index contributed by atoms with van der Waals surface area (Å²) in [5.74, 6) is -0.947. The van der Waals surface area contributed by atoms with Gasteiger partial charge in [-0.15, -0.1) is 0 Å². The molecule has 0 aromatic heterocycles. The van der Waals surface area contributed by atoms with E-state index in [1.54, 1.807) is 0 Å². The number of sulfonamides is 1. The minimum atomic E-state index is -3.51. The van der Waals surface area contributed by atoms with E-state index in [2.05, 4.69) is 10.1 Å². The van der Waals surface area contributed by atoms with Crippen LogP contribution in [-0.4, -0.2) is 58.2 Å². The van der Waals surface area contributed by atoms with E-state index in [0.29, 0.717) is 19.0 Å². The molecule has 1 aliphatic rings. The summed E-state index contributed by atoms with van der Waals surface area (Å²) in [5, 5.41) is 3.05. The second-order valence-electron chi connectivity index (χ2n) is 4.26. The molecule has 0 bridgehead atoms. The first-order valence-electron chi connectivity index (χ1n) is 5.69. The van der Waals surface area contributed by atoms with Gasteiger partial charge in [0, 0.05) is 13.1 Å². The van der Waals surface area contributed by atoms with Gasteiger partial charge in [-0.05, 0) is 32.4 Å². The number of nitrogens with zero attached hydrogens (tertiary/aromatic N) is 1. The summed E-state index contributed by atoms with van der Waals surface area (Å²) in [6, 6.07) is 0. The molecule has 1 aliphatic heterocycles. The molecule has 6 nitrogen and oxygen atoms in total. The van der Waals surface area contributed by atoms with Crippen molar-refractivity contribution in [3.8, 4) is 0 Å². The molecule has 1 atom stereocenters. The van der Waals surface area contributed by atoms with Crippen molar-refractivity contribution >= 4 is 16.0 Å². The summed E-state index contributed by atoms with van der Waals surface area (Å²) in [6.07, 6.45) is 1.86. The van der Waals surface area contributed by atoms with E-state index in [1.165, 1.54) is 11.4 Å². The highest BCUT2D eigenvalue weighted by Gasteiger charge is 2.30. The maximum absolute atomic E-state index is 11.9. The van der Waals surface area contributed by atoms with Crippen molar-refractivity contribution in [1.82, 2.24) is 9.62 Å². The van der Waals surface area contributed by atoms with Gasteiger partial charge in [0.2, 0.25) is 10.0 Å². The van der Waals surface area contributed by atoms with E-state index in [4.69, 9.17) is 0 Å². The molecule has 1 heterocycles. The fraction of sp³-hybridized carbons (Fsp3) is 0.900. The summed E-state index contributed by atoms with van der Waals surface area (Å²) in [4.78, 5) is 11.0. The van der Waals surface area contributed by atoms with Crippen molar-refractivity contribution < 1.29 is 17.9 Å². The van der Waals surface area contributed by atoms with Gasteiger partial charge in [0.1, 0.15) is 0 Å². The summed E-state index contributed by atoms with van der Waals surface area (Å²) in [6.45, 7) is 1.78. The lowest BCUT2D eigenvalue weighted by Gasteiger charge is -2.31. The zero-order valence-electron chi connectivity index (χ0n) is 10.3. The van der Waals surface area contributed by atoms with Crippen molar-refractivity contribution in [2.24, 2.45) is 5.92 Å². The second kappa shape index (κ2) is 6.32. The van der Waals surface area contributed by atoms with Crippen molar-refractivity contribution in [2.45, 2.75) is 12.8 Å². The van der Waals surface area contributed by atoms with Gasteiger partial charge in [0.05, 0.1) is 7.11 Å². The Hall–Kier alpha value is -0.660. The van der Waals surface area contributed by atoms with Crippen LogP contribution in [0.1, 0.15) is 12.8 Å². The number of methoxy groups -OCH3 is 1. The van der Waals surface area contributed by atoms with Crippen LogP contribution in [-0.2, 0) is 19.6 Å². The molecular weight excluding hydrogens is 244 g/mol. The van der Waals surface area contributed by atoms with E-state index in [1.807, 2.05) is 7.05 Å². The number of esters is 1. The van der Waals surface area contributed by atoms with Crippen LogP contribution in [0.5, 0.6) is 0 Å². The van der Waals surface area contributed by atoms with Crippen LogP contribution in [0.25, 0.3) is 0 Å². The topological polar surface area (TPSA) is 75.7 Å². The van der Waals surface area contributed by atoms with Crippen LogP contribution in [0.4, 0.5) is 0 Å². The molecule has 100 valence electrons. The Kier molecular flexibility index (Phi) is 5.35. The standard InChI is InChI=1S/C10H20N2O4S/c1-11-6-9-4-3-5-12(7-9)17(14,15)8-10(13)16-2/h9,11H,3-8H2,1-2H3. The molecule has 17 heavy (non-hydrogen) atoms. The molecule has 0 saturated carbocycles. The van der Waals surface area contributed by atoms with Crippen molar-refractivity contribution in [3.05, 3.63) is 0 Å². The number of nitrogens with one attached hydrogen (secondary N) is 1. The van der Waals surface area contributed by atoms with Gasteiger partial charge >= 0.3 is 5.97 Å². The van der Waals surface area contributed by atoms with Crippen molar-refractivity contribution in [2.75, 3.05) is 39.5 Å². The Morgan fingerprint density at radius 1 is 1.53 bits per heavy atom. The molecule has 1 fully saturated rings. The van der Waals surface area contributed by atoms with Crippen molar-refractivity contribution in [1.29, 1.82) is 0 Å². The summed E-state index contributed by atoms with van der Waals surface area (Å²) >= 11 is 0. The minimum absolute atomic E-state index is 0.321. The molecule has 0 aromatic rings. The van der Waals surface area contributed by atoms with E-state index in [9.17, 15) is 13.2 Å². The van der Waals surface area contributed by atoms with Crippen LogP contribution < -0.4 is 5.32 Å². The smallest absolute Gasteiger partial charge is 0.322 e.